The minimum Gasteiger partial charge on any atom is -0.480 e. The van der Waals surface area contributed by atoms with Crippen LogP contribution in [0.25, 0.3) is 0 Å². The van der Waals surface area contributed by atoms with E-state index in [9.17, 15) is 4.79 Å². The molecule has 112 valence electrons. The van der Waals surface area contributed by atoms with Gasteiger partial charge in [-0.2, -0.15) is 0 Å². The predicted molar refractivity (Wildman–Crippen MR) is 83.9 cm³/mol. The largest absolute Gasteiger partial charge is 0.480 e. The van der Waals surface area contributed by atoms with Crippen LogP contribution in [0.5, 0.6) is 0 Å². The lowest BCUT2D eigenvalue weighted by molar-refractivity contribution is -0.137. The molecule has 0 aliphatic rings. The SMILES string of the molecule is CC(Nc1ccccc1CN(CCCl)CCCl)C(=O)O. The molecule has 2 N–H and O–H groups in total. The zero-order chi connectivity index (χ0) is 15.0. The van der Waals surface area contributed by atoms with Gasteiger partial charge in [-0.15, -0.1) is 23.2 Å². The average Bonchev–Trinajstić information content (AvgIpc) is 2.41. The molecule has 0 aliphatic carbocycles. The monoisotopic (exact) mass is 318 g/mol. The lowest BCUT2D eigenvalue weighted by Crippen LogP contribution is -2.29. The Labute approximate surface area is 129 Å². The van der Waals surface area contributed by atoms with Gasteiger partial charge >= 0.3 is 5.97 Å². The van der Waals surface area contributed by atoms with Crippen LogP contribution in [0.15, 0.2) is 24.3 Å². The number of hydrogen-bond donors (Lipinski definition) is 2. The molecule has 0 bridgehead atoms. The Morgan fingerprint density at radius 1 is 1.30 bits per heavy atom. The van der Waals surface area contributed by atoms with E-state index < -0.39 is 12.0 Å². The molecule has 0 saturated heterocycles. The molecule has 1 rings (SSSR count). The number of carboxylic acids is 1. The van der Waals surface area contributed by atoms with Gasteiger partial charge in [0.25, 0.3) is 0 Å². The number of anilines is 1. The van der Waals surface area contributed by atoms with Crippen LogP contribution in [0.2, 0.25) is 0 Å². The van der Waals surface area contributed by atoms with Crippen LogP contribution in [-0.2, 0) is 11.3 Å². The zero-order valence-electron chi connectivity index (χ0n) is 11.5. The summed E-state index contributed by atoms with van der Waals surface area (Å²) in [6.45, 7) is 3.80. The number of benzene rings is 1. The van der Waals surface area contributed by atoms with E-state index in [2.05, 4.69) is 10.2 Å². The average molecular weight is 319 g/mol. The summed E-state index contributed by atoms with van der Waals surface area (Å²) < 4.78 is 0. The van der Waals surface area contributed by atoms with Crippen molar-refractivity contribution >= 4 is 34.9 Å². The van der Waals surface area contributed by atoms with E-state index >= 15 is 0 Å². The first-order chi connectivity index (χ1) is 9.58. The Hall–Kier alpha value is -0.970. The minimum atomic E-state index is -0.877. The Balaban J connectivity index is 2.80. The number of rotatable bonds is 9. The molecule has 0 heterocycles. The van der Waals surface area contributed by atoms with E-state index in [1.54, 1.807) is 6.92 Å². The van der Waals surface area contributed by atoms with Crippen molar-refractivity contribution in [3.05, 3.63) is 29.8 Å². The summed E-state index contributed by atoms with van der Waals surface area (Å²) in [5, 5.41) is 12.0. The van der Waals surface area contributed by atoms with E-state index in [0.29, 0.717) is 18.3 Å². The Kier molecular flexibility index (Phi) is 7.73. The van der Waals surface area contributed by atoms with E-state index in [4.69, 9.17) is 28.3 Å². The van der Waals surface area contributed by atoms with E-state index in [1.807, 2.05) is 24.3 Å². The van der Waals surface area contributed by atoms with Crippen LogP contribution < -0.4 is 5.32 Å². The van der Waals surface area contributed by atoms with Crippen LogP contribution in [0.3, 0.4) is 0 Å². The second kappa shape index (κ2) is 9.06. The summed E-state index contributed by atoms with van der Waals surface area (Å²) in [4.78, 5) is 13.1. The smallest absolute Gasteiger partial charge is 0.325 e. The number of nitrogens with one attached hydrogen (secondary N) is 1. The van der Waals surface area contributed by atoms with Crippen molar-refractivity contribution in [3.8, 4) is 0 Å². The number of para-hydroxylation sites is 1. The van der Waals surface area contributed by atoms with Crippen LogP contribution >= 0.6 is 23.2 Å². The summed E-state index contributed by atoms with van der Waals surface area (Å²) in [7, 11) is 0. The highest BCUT2D eigenvalue weighted by atomic mass is 35.5. The van der Waals surface area contributed by atoms with Crippen molar-refractivity contribution in [2.45, 2.75) is 19.5 Å². The van der Waals surface area contributed by atoms with Crippen molar-refractivity contribution in [3.63, 3.8) is 0 Å². The highest BCUT2D eigenvalue weighted by molar-refractivity contribution is 6.18. The molecule has 6 heteroatoms. The fourth-order valence-electron chi connectivity index (χ4n) is 1.84. The fraction of sp³-hybridized carbons (Fsp3) is 0.500. The topological polar surface area (TPSA) is 52.6 Å². The van der Waals surface area contributed by atoms with Crippen LogP contribution in [-0.4, -0.2) is 46.9 Å². The van der Waals surface area contributed by atoms with Crippen molar-refractivity contribution in [1.82, 2.24) is 4.90 Å². The van der Waals surface area contributed by atoms with Gasteiger partial charge in [-0.25, -0.2) is 0 Å². The molecule has 0 aliphatic heterocycles. The van der Waals surface area contributed by atoms with Gasteiger partial charge in [0.15, 0.2) is 0 Å². The van der Waals surface area contributed by atoms with Crippen molar-refractivity contribution in [2.24, 2.45) is 0 Å². The molecule has 0 aromatic heterocycles. The lowest BCUT2D eigenvalue weighted by Gasteiger charge is -2.22. The molecule has 0 amide bonds. The third kappa shape index (κ3) is 5.57. The number of hydrogen-bond acceptors (Lipinski definition) is 3. The molecule has 1 aromatic rings. The zero-order valence-corrected chi connectivity index (χ0v) is 13.0. The number of nitrogens with zero attached hydrogens (tertiary/aromatic N) is 1. The standard InChI is InChI=1S/C14H20Cl2N2O2/c1-11(14(19)20)17-13-5-3-2-4-12(13)10-18(8-6-15)9-7-16/h2-5,11,17H,6-10H2,1H3,(H,19,20). The van der Waals surface area contributed by atoms with Gasteiger partial charge < -0.3 is 10.4 Å². The van der Waals surface area contributed by atoms with Crippen molar-refractivity contribution in [1.29, 1.82) is 0 Å². The molecular weight excluding hydrogens is 299 g/mol. The Morgan fingerprint density at radius 2 is 1.90 bits per heavy atom. The number of carboxylic acid groups (broad SMARTS) is 1. The maximum absolute atomic E-state index is 10.9. The molecule has 20 heavy (non-hydrogen) atoms. The normalized spacial score (nSPS) is 12.4. The molecule has 4 nitrogen and oxygen atoms in total. The molecule has 0 fully saturated rings. The number of halogens is 2. The van der Waals surface area contributed by atoms with E-state index in [-0.39, 0.29) is 0 Å². The third-order valence-corrected chi connectivity index (χ3v) is 3.29. The molecule has 1 aromatic carbocycles. The van der Waals surface area contributed by atoms with Gasteiger partial charge in [0, 0.05) is 37.1 Å². The quantitative estimate of drug-likeness (QED) is 0.687. The molecule has 0 spiro atoms. The first-order valence-corrected chi connectivity index (χ1v) is 7.57. The van der Waals surface area contributed by atoms with Gasteiger partial charge in [0.2, 0.25) is 0 Å². The van der Waals surface area contributed by atoms with Crippen LogP contribution in [0.4, 0.5) is 5.69 Å². The first kappa shape index (κ1) is 17.1. The highest BCUT2D eigenvalue weighted by Crippen LogP contribution is 2.18. The molecule has 1 atom stereocenters. The van der Waals surface area contributed by atoms with E-state index in [1.165, 1.54) is 0 Å². The summed E-state index contributed by atoms with van der Waals surface area (Å²) >= 11 is 11.6. The summed E-state index contributed by atoms with van der Waals surface area (Å²) in [5.74, 6) is 0.203. The Morgan fingerprint density at radius 3 is 2.45 bits per heavy atom. The number of aliphatic carboxylic acids is 1. The first-order valence-electron chi connectivity index (χ1n) is 6.50. The molecule has 1 unspecified atom stereocenters. The van der Waals surface area contributed by atoms with Gasteiger partial charge in [0.05, 0.1) is 0 Å². The van der Waals surface area contributed by atoms with Crippen LogP contribution in [0, 0.1) is 0 Å². The lowest BCUT2D eigenvalue weighted by atomic mass is 10.1. The van der Waals surface area contributed by atoms with Crippen LogP contribution in [0.1, 0.15) is 12.5 Å². The summed E-state index contributed by atoms with van der Waals surface area (Å²) in [6, 6.07) is 7.05. The maximum Gasteiger partial charge on any atom is 0.325 e. The van der Waals surface area contributed by atoms with Gasteiger partial charge in [-0.3, -0.25) is 9.69 Å². The summed E-state index contributed by atoms with van der Waals surface area (Å²) in [5.41, 5.74) is 1.87. The Bertz CT molecular complexity index is 423. The maximum atomic E-state index is 10.9. The number of alkyl halides is 2. The molecule has 0 radical (unpaired) electrons. The van der Waals surface area contributed by atoms with E-state index in [0.717, 1.165) is 24.3 Å². The predicted octanol–water partition coefficient (Wildman–Crippen LogP) is 2.85. The second-order valence-electron chi connectivity index (χ2n) is 4.52. The number of carbonyl (C=O) groups is 1. The van der Waals surface area contributed by atoms with Gasteiger partial charge in [0.1, 0.15) is 6.04 Å². The minimum absolute atomic E-state index is 0.540. The third-order valence-electron chi connectivity index (χ3n) is 2.96. The van der Waals surface area contributed by atoms with Gasteiger partial charge in [-0.05, 0) is 18.6 Å². The van der Waals surface area contributed by atoms with Crippen molar-refractivity contribution in [2.75, 3.05) is 30.2 Å². The highest BCUT2D eigenvalue weighted by Gasteiger charge is 2.13. The van der Waals surface area contributed by atoms with Crippen molar-refractivity contribution < 1.29 is 9.90 Å². The summed E-state index contributed by atoms with van der Waals surface area (Å²) in [6.07, 6.45) is 0. The second-order valence-corrected chi connectivity index (χ2v) is 5.27. The molecule has 0 saturated carbocycles. The van der Waals surface area contributed by atoms with Gasteiger partial charge in [-0.1, -0.05) is 18.2 Å². The molecular formula is C14H20Cl2N2O2. The fourth-order valence-corrected chi connectivity index (χ4v) is 2.32.